The maximum absolute atomic E-state index is 4.39. The van der Waals surface area contributed by atoms with Crippen molar-refractivity contribution in [2.45, 2.75) is 19.3 Å². The molecule has 1 aliphatic heterocycles. The van der Waals surface area contributed by atoms with Crippen molar-refractivity contribution in [3.05, 3.63) is 48.7 Å². The molecule has 0 amide bonds. The van der Waals surface area contributed by atoms with E-state index in [-0.39, 0.29) is 0 Å². The topological polar surface area (TPSA) is 41.9 Å². The van der Waals surface area contributed by atoms with Crippen LogP contribution in [0.3, 0.4) is 0 Å². The van der Waals surface area contributed by atoms with Gasteiger partial charge >= 0.3 is 0 Å². The molecule has 1 aliphatic rings. The molecule has 4 nitrogen and oxygen atoms in total. The van der Waals surface area contributed by atoms with E-state index in [1.807, 2.05) is 24.7 Å². The summed E-state index contributed by atoms with van der Waals surface area (Å²) in [7, 11) is 0. The van der Waals surface area contributed by atoms with E-state index in [9.17, 15) is 0 Å². The van der Waals surface area contributed by atoms with Crippen LogP contribution in [0.1, 0.15) is 18.4 Å². The molecular formula is C15H18N4. The van der Waals surface area contributed by atoms with Gasteiger partial charge < -0.3 is 4.90 Å². The van der Waals surface area contributed by atoms with Crippen molar-refractivity contribution < 1.29 is 0 Å². The standard InChI is InChI=1S/C15H18N4/c1-3-13(10-16-5-1)9-14-4-2-8-19(12-14)15-11-17-6-7-18-15/h1,3,5-7,10-11,14H,2,4,8-9,12H2/t14-/m1/s1. The third kappa shape index (κ3) is 3.08. The summed E-state index contributed by atoms with van der Waals surface area (Å²) in [5.41, 5.74) is 1.33. The molecule has 1 saturated heterocycles. The Morgan fingerprint density at radius 3 is 2.89 bits per heavy atom. The highest BCUT2D eigenvalue weighted by Crippen LogP contribution is 2.23. The van der Waals surface area contributed by atoms with Gasteiger partial charge in [-0.1, -0.05) is 6.07 Å². The Bertz CT molecular complexity index is 500. The Kier molecular flexibility index (Phi) is 3.68. The van der Waals surface area contributed by atoms with Crippen LogP contribution in [0.2, 0.25) is 0 Å². The molecular weight excluding hydrogens is 236 g/mol. The lowest BCUT2D eigenvalue weighted by atomic mass is 9.92. The summed E-state index contributed by atoms with van der Waals surface area (Å²) < 4.78 is 0. The normalized spacial score (nSPS) is 19.4. The molecule has 98 valence electrons. The summed E-state index contributed by atoms with van der Waals surface area (Å²) in [6, 6.07) is 4.17. The fourth-order valence-electron chi connectivity index (χ4n) is 2.75. The van der Waals surface area contributed by atoms with Gasteiger partial charge in [-0.2, -0.15) is 0 Å². The molecule has 0 bridgehead atoms. The second kappa shape index (κ2) is 5.78. The molecule has 0 spiro atoms. The first-order chi connectivity index (χ1) is 9.42. The average molecular weight is 254 g/mol. The Morgan fingerprint density at radius 1 is 1.16 bits per heavy atom. The Balaban J connectivity index is 1.65. The zero-order valence-corrected chi connectivity index (χ0v) is 10.9. The van der Waals surface area contributed by atoms with E-state index in [1.54, 1.807) is 12.4 Å². The molecule has 1 atom stereocenters. The van der Waals surface area contributed by atoms with Crippen LogP contribution in [0.25, 0.3) is 0 Å². The molecule has 1 fully saturated rings. The van der Waals surface area contributed by atoms with Gasteiger partial charge in [-0.3, -0.25) is 9.97 Å². The van der Waals surface area contributed by atoms with Crippen molar-refractivity contribution in [3.8, 4) is 0 Å². The number of hydrogen-bond donors (Lipinski definition) is 0. The van der Waals surface area contributed by atoms with Gasteiger partial charge in [-0.15, -0.1) is 0 Å². The lowest BCUT2D eigenvalue weighted by molar-refractivity contribution is 0.411. The highest BCUT2D eigenvalue weighted by molar-refractivity contribution is 5.35. The average Bonchev–Trinajstić information content (AvgIpc) is 2.49. The van der Waals surface area contributed by atoms with Gasteiger partial charge in [0.1, 0.15) is 5.82 Å². The third-order valence-electron chi connectivity index (χ3n) is 3.64. The predicted molar refractivity (Wildman–Crippen MR) is 74.9 cm³/mol. The van der Waals surface area contributed by atoms with Gasteiger partial charge in [0, 0.05) is 37.9 Å². The number of anilines is 1. The van der Waals surface area contributed by atoms with Crippen molar-refractivity contribution in [2.24, 2.45) is 5.92 Å². The van der Waals surface area contributed by atoms with Crippen LogP contribution < -0.4 is 4.90 Å². The number of hydrogen-bond acceptors (Lipinski definition) is 4. The fraction of sp³-hybridized carbons (Fsp3) is 0.400. The molecule has 0 radical (unpaired) electrons. The molecule has 3 rings (SSSR count). The molecule has 19 heavy (non-hydrogen) atoms. The van der Waals surface area contributed by atoms with Crippen molar-refractivity contribution in [1.29, 1.82) is 0 Å². The Hall–Kier alpha value is -1.97. The fourth-order valence-corrected chi connectivity index (χ4v) is 2.75. The van der Waals surface area contributed by atoms with Crippen LogP contribution in [0.5, 0.6) is 0 Å². The summed E-state index contributed by atoms with van der Waals surface area (Å²) in [6.45, 7) is 2.15. The van der Waals surface area contributed by atoms with E-state index in [4.69, 9.17) is 0 Å². The zero-order chi connectivity index (χ0) is 12.9. The van der Waals surface area contributed by atoms with Crippen LogP contribution >= 0.6 is 0 Å². The van der Waals surface area contributed by atoms with E-state index in [0.29, 0.717) is 5.92 Å². The van der Waals surface area contributed by atoms with Crippen molar-refractivity contribution in [1.82, 2.24) is 15.0 Å². The highest BCUT2D eigenvalue weighted by Gasteiger charge is 2.21. The van der Waals surface area contributed by atoms with Gasteiger partial charge in [-0.25, -0.2) is 4.98 Å². The minimum atomic E-state index is 0.681. The SMILES string of the molecule is c1cncc(C[C@H]2CCCN(c3cnccn3)C2)c1. The first-order valence-corrected chi connectivity index (χ1v) is 6.81. The largest absolute Gasteiger partial charge is 0.355 e. The molecule has 0 unspecified atom stereocenters. The second-order valence-electron chi connectivity index (χ2n) is 5.08. The lowest BCUT2D eigenvalue weighted by Gasteiger charge is -2.33. The first-order valence-electron chi connectivity index (χ1n) is 6.81. The number of nitrogens with zero attached hydrogens (tertiary/aromatic N) is 4. The van der Waals surface area contributed by atoms with Crippen molar-refractivity contribution in [3.63, 3.8) is 0 Å². The molecule has 2 aromatic rings. The van der Waals surface area contributed by atoms with Gasteiger partial charge in [0.05, 0.1) is 6.20 Å². The van der Waals surface area contributed by atoms with E-state index >= 15 is 0 Å². The Labute approximate surface area is 113 Å². The number of aromatic nitrogens is 3. The molecule has 0 N–H and O–H groups in total. The van der Waals surface area contributed by atoms with Crippen LogP contribution in [-0.4, -0.2) is 28.0 Å². The maximum atomic E-state index is 4.39. The molecule has 0 saturated carbocycles. The minimum absolute atomic E-state index is 0.681. The third-order valence-corrected chi connectivity index (χ3v) is 3.64. The number of rotatable bonds is 3. The van der Waals surface area contributed by atoms with Crippen LogP contribution in [0.4, 0.5) is 5.82 Å². The van der Waals surface area contributed by atoms with Gasteiger partial charge in [0.2, 0.25) is 0 Å². The predicted octanol–water partition coefficient (Wildman–Crippen LogP) is 2.33. The quantitative estimate of drug-likeness (QED) is 0.843. The minimum Gasteiger partial charge on any atom is -0.355 e. The molecule has 2 aromatic heterocycles. The Morgan fingerprint density at radius 2 is 2.11 bits per heavy atom. The molecule has 3 heterocycles. The van der Waals surface area contributed by atoms with Gasteiger partial charge in [-0.05, 0) is 36.8 Å². The summed E-state index contributed by atoms with van der Waals surface area (Å²) in [5, 5.41) is 0. The zero-order valence-electron chi connectivity index (χ0n) is 10.9. The summed E-state index contributed by atoms with van der Waals surface area (Å²) in [4.78, 5) is 15.1. The van der Waals surface area contributed by atoms with Crippen LogP contribution in [0, 0.1) is 5.92 Å². The second-order valence-corrected chi connectivity index (χ2v) is 5.08. The van der Waals surface area contributed by atoms with Crippen LogP contribution in [0.15, 0.2) is 43.1 Å². The molecule has 4 heteroatoms. The number of pyridine rings is 1. The molecule has 0 aliphatic carbocycles. The maximum Gasteiger partial charge on any atom is 0.147 e. The number of piperidine rings is 1. The lowest BCUT2D eigenvalue weighted by Crippen LogP contribution is -2.36. The summed E-state index contributed by atoms with van der Waals surface area (Å²) in [6.07, 6.45) is 12.8. The first kappa shape index (κ1) is 12.1. The summed E-state index contributed by atoms with van der Waals surface area (Å²) >= 11 is 0. The smallest absolute Gasteiger partial charge is 0.147 e. The highest BCUT2D eigenvalue weighted by atomic mass is 15.2. The molecule has 0 aromatic carbocycles. The van der Waals surface area contributed by atoms with Crippen LogP contribution in [-0.2, 0) is 6.42 Å². The van der Waals surface area contributed by atoms with Gasteiger partial charge in [0.15, 0.2) is 0 Å². The van der Waals surface area contributed by atoms with E-state index < -0.39 is 0 Å². The van der Waals surface area contributed by atoms with Crippen molar-refractivity contribution in [2.75, 3.05) is 18.0 Å². The van der Waals surface area contributed by atoms with E-state index in [2.05, 4.69) is 25.9 Å². The summed E-state index contributed by atoms with van der Waals surface area (Å²) in [5.74, 6) is 1.68. The van der Waals surface area contributed by atoms with E-state index in [1.165, 1.54) is 18.4 Å². The van der Waals surface area contributed by atoms with Gasteiger partial charge in [0.25, 0.3) is 0 Å². The monoisotopic (exact) mass is 254 g/mol. The van der Waals surface area contributed by atoms with E-state index in [0.717, 1.165) is 25.3 Å². The van der Waals surface area contributed by atoms with Crippen molar-refractivity contribution >= 4 is 5.82 Å².